The SMILES string of the molecule is COc1ccc(-c2n[nH]c(=S)n2CC(=O)NCc2ccc(N(C)C)cc2)cc1. The Hall–Kier alpha value is -3.13. The molecular formula is C20H23N5O2S. The molecule has 0 aliphatic heterocycles. The van der Waals surface area contributed by atoms with Crippen LogP contribution in [0.25, 0.3) is 11.4 Å². The second kappa shape index (κ2) is 8.71. The zero-order valence-electron chi connectivity index (χ0n) is 16.1. The Kier molecular flexibility index (Phi) is 6.10. The maximum atomic E-state index is 12.4. The molecule has 2 N–H and O–H groups in total. The van der Waals surface area contributed by atoms with E-state index in [2.05, 4.69) is 15.5 Å². The topological polar surface area (TPSA) is 75.2 Å². The number of H-pyrrole nitrogens is 1. The Morgan fingerprint density at radius 2 is 1.86 bits per heavy atom. The number of hydrogen-bond donors (Lipinski definition) is 2. The van der Waals surface area contributed by atoms with Crippen molar-refractivity contribution in [3.63, 3.8) is 0 Å². The quantitative estimate of drug-likeness (QED) is 0.600. The smallest absolute Gasteiger partial charge is 0.240 e. The minimum Gasteiger partial charge on any atom is -0.497 e. The van der Waals surface area contributed by atoms with Gasteiger partial charge in [0.1, 0.15) is 12.3 Å². The van der Waals surface area contributed by atoms with Gasteiger partial charge in [0.2, 0.25) is 5.91 Å². The standard InChI is InChI=1S/C20H23N5O2S/c1-24(2)16-8-4-14(5-9-16)12-21-18(26)13-25-19(22-23-20(25)28)15-6-10-17(27-3)11-7-15/h4-11H,12-13H2,1-3H3,(H,21,26)(H,23,28). The molecule has 7 nitrogen and oxygen atoms in total. The molecule has 3 rings (SSSR count). The summed E-state index contributed by atoms with van der Waals surface area (Å²) < 4.78 is 7.26. The van der Waals surface area contributed by atoms with E-state index < -0.39 is 0 Å². The number of ether oxygens (including phenoxy) is 1. The predicted molar refractivity (Wildman–Crippen MR) is 112 cm³/mol. The van der Waals surface area contributed by atoms with Crippen molar-refractivity contribution in [1.29, 1.82) is 0 Å². The van der Waals surface area contributed by atoms with Crippen molar-refractivity contribution in [2.75, 3.05) is 26.1 Å². The van der Waals surface area contributed by atoms with Gasteiger partial charge >= 0.3 is 0 Å². The number of aromatic nitrogens is 3. The van der Waals surface area contributed by atoms with Gasteiger partial charge < -0.3 is 15.0 Å². The summed E-state index contributed by atoms with van der Waals surface area (Å²) in [5.41, 5.74) is 2.99. The first kappa shape index (κ1) is 19.6. The molecule has 0 spiro atoms. The number of amides is 1. The minimum absolute atomic E-state index is 0.0898. The van der Waals surface area contributed by atoms with Crippen molar-refractivity contribution in [2.45, 2.75) is 13.1 Å². The van der Waals surface area contributed by atoms with Crippen molar-refractivity contribution in [2.24, 2.45) is 0 Å². The molecule has 0 saturated heterocycles. The van der Waals surface area contributed by atoms with E-state index in [9.17, 15) is 4.79 Å². The third-order valence-electron chi connectivity index (χ3n) is 4.35. The van der Waals surface area contributed by atoms with Crippen LogP contribution in [0.15, 0.2) is 48.5 Å². The molecule has 0 radical (unpaired) electrons. The summed E-state index contributed by atoms with van der Waals surface area (Å²) in [6.45, 7) is 0.544. The van der Waals surface area contributed by atoms with E-state index >= 15 is 0 Å². The molecule has 0 atom stereocenters. The van der Waals surface area contributed by atoms with Gasteiger partial charge in [-0.2, -0.15) is 5.10 Å². The van der Waals surface area contributed by atoms with Gasteiger partial charge in [-0.05, 0) is 54.2 Å². The fraction of sp³-hybridized carbons (Fsp3) is 0.250. The molecule has 1 aromatic heterocycles. The van der Waals surface area contributed by atoms with E-state index in [1.54, 1.807) is 11.7 Å². The first-order valence-corrected chi connectivity index (χ1v) is 9.21. The summed E-state index contributed by atoms with van der Waals surface area (Å²) in [5.74, 6) is 1.23. The van der Waals surface area contributed by atoms with E-state index in [0.717, 1.165) is 22.6 Å². The minimum atomic E-state index is -0.135. The number of nitrogens with one attached hydrogen (secondary N) is 2. The zero-order valence-corrected chi connectivity index (χ0v) is 16.9. The van der Waals surface area contributed by atoms with Gasteiger partial charge in [-0.15, -0.1) is 0 Å². The Balaban J connectivity index is 1.67. The molecular weight excluding hydrogens is 374 g/mol. The van der Waals surface area contributed by atoms with Gasteiger partial charge in [0, 0.05) is 31.9 Å². The lowest BCUT2D eigenvalue weighted by Gasteiger charge is -2.13. The number of rotatable bonds is 7. The molecule has 146 valence electrons. The highest BCUT2D eigenvalue weighted by atomic mass is 32.1. The fourth-order valence-corrected chi connectivity index (χ4v) is 2.93. The Morgan fingerprint density at radius 3 is 2.46 bits per heavy atom. The Labute approximate surface area is 169 Å². The fourth-order valence-electron chi connectivity index (χ4n) is 2.74. The van der Waals surface area contributed by atoms with E-state index in [1.807, 2.05) is 67.5 Å². The van der Waals surface area contributed by atoms with Crippen molar-refractivity contribution in [1.82, 2.24) is 20.1 Å². The summed E-state index contributed by atoms with van der Waals surface area (Å²) in [6, 6.07) is 15.5. The largest absolute Gasteiger partial charge is 0.497 e. The number of aromatic amines is 1. The highest BCUT2D eigenvalue weighted by Gasteiger charge is 2.12. The van der Waals surface area contributed by atoms with Crippen LogP contribution in [0.1, 0.15) is 5.56 Å². The first-order valence-electron chi connectivity index (χ1n) is 8.80. The van der Waals surface area contributed by atoms with Gasteiger partial charge in [-0.1, -0.05) is 12.1 Å². The van der Waals surface area contributed by atoms with E-state index in [-0.39, 0.29) is 12.5 Å². The normalized spacial score (nSPS) is 10.5. The first-order chi connectivity index (χ1) is 13.5. The van der Waals surface area contributed by atoms with Crippen LogP contribution in [0.3, 0.4) is 0 Å². The van der Waals surface area contributed by atoms with Gasteiger partial charge in [-0.3, -0.25) is 14.5 Å². The van der Waals surface area contributed by atoms with Crippen LogP contribution in [0.4, 0.5) is 5.69 Å². The molecule has 0 bridgehead atoms. The summed E-state index contributed by atoms with van der Waals surface area (Å²) in [5, 5.41) is 9.95. The van der Waals surface area contributed by atoms with Gasteiger partial charge in [-0.25, -0.2) is 0 Å². The molecule has 0 unspecified atom stereocenters. The molecule has 0 fully saturated rings. The van der Waals surface area contributed by atoms with Crippen molar-refractivity contribution >= 4 is 23.8 Å². The van der Waals surface area contributed by atoms with Crippen LogP contribution in [0.2, 0.25) is 0 Å². The monoisotopic (exact) mass is 397 g/mol. The van der Waals surface area contributed by atoms with Crippen molar-refractivity contribution in [3.05, 3.63) is 58.9 Å². The average Bonchev–Trinajstić information content (AvgIpc) is 3.07. The van der Waals surface area contributed by atoms with E-state index in [0.29, 0.717) is 17.1 Å². The lowest BCUT2D eigenvalue weighted by Crippen LogP contribution is -2.27. The molecule has 28 heavy (non-hydrogen) atoms. The van der Waals surface area contributed by atoms with Gasteiger partial charge in [0.15, 0.2) is 10.6 Å². The molecule has 1 heterocycles. The molecule has 1 amide bonds. The third kappa shape index (κ3) is 4.58. The highest BCUT2D eigenvalue weighted by Crippen LogP contribution is 2.21. The number of anilines is 1. The number of carbonyl (C=O) groups excluding carboxylic acids is 1. The molecule has 3 aromatic rings. The summed E-state index contributed by atoms with van der Waals surface area (Å²) >= 11 is 5.29. The molecule has 2 aromatic carbocycles. The lowest BCUT2D eigenvalue weighted by molar-refractivity contribution is -0.121. The van der Waals surface area contributed by atoms with Crippen molar-refractivity contribution < 1.29 is 9.53 Å². The van der Waals surface area contributed by atoms with Crippen LogP contribution in [-0.2, 0) is 17.9 Å². The molecule has 0 aliphatic carbocycles. The van der Waals surface area contributed by atoms with Crippen LogP contribution >= 0.6 is 12.2 Å². The second-order valence-electron chi connectivity index (χ2n) is 6.50. The number of methoxy groups -OCH3 is 1. The number of carbonyl (C=O) groups is 1. The van der Waals surface area contributed by atoms with Gasteiger partial charge in [0.25, 0.3) is 0 Å². The summed E-state index contributed by atoms with van der Waals surface area (Å²) in [7, 11) is 5.60. The predicted octanol–water partition coefficient (Wildman–Crippen LogP) is 3.00. The maximum Gasteiger partial charge on any atom is 0.240 e. The molecule has 0 saturated carbocycles. The Morgan fingerprint density at radius 1 is 1.18 bits per heavy atom. The van der Waals surface area contributed by atoms with Crippen molar-refractivity contribution in [3.8, 4) is 17.1 Å². The average molecular weight is 398 g/mol. The van der Waals surface area contributed by atoms with Crippen LogP contribution in [0.5, 0.6) is 5.75 Å². The second-order valence-corrected chi connectivity index (χ2v) is 6.89. The number of nitrogens with zero attached hydrogens (tertiary/aromatic N) is 3. The highest BCUT2D eigenvalue weighted by molar-refractivity contribution is 7.71. The molecule has 0 aliphatic rings. The van der Waals surface area contributed by atoms with Crippen LogP contribution < -0.4 is 15.0 Å². The summed E-state index contributed by atoms with van der Waals surface area (Å²) in [4.78, 5) is 14.5. The third-order valence-corrected chi connectivity index (χ3v) is 4.66. The summed E-state index contributed by atoms with van der Waals surface area (Å²) in [6.07, 6.45) is 0. The van der Waals surface area contributed by atoms with Crippen LogP contribution in [-0.4, -0.2) is 41.9 Å². The molecule has 8 heteroatoms. The van der Waals surface area contributed by atoms with E-state index in [1.165, 1.54) is 0 Å². The zero-order chi connectivity index (χ0) is 20.1. The maximum absolute atomic E-state index is 12.4. The number of hydrogen-bond acceptors (Lipinski definition) is 5. The van der Waals surface area contributed by atoms with E-state index in [4.69, 9.17) is 17.0 Å². The Bertz CT molecular complexity index is 991. The van der Waals surface area contributed by atoms with Gasteiger partial charge in [0.05, 0.1) is 7.11 Å². The van der Waals surface area contributed by atoms with Crippen LogP contribution in [0, 0.1) is 4.77 Å². The number of benzene rings is 2. The lowest BCUT2D eigenvalue weighted by atomic mass is 10.2.